The lowest BCUT2D eigenvalue weighted by molar-refractivity contribution is 0.567. The van der Waals surface area contributed by atoms with Crippen molar-refractivity contribution in [2.45, 2.75) is 19.3 Å². The van der Waals surface area contributed by atoms with E-state index in [9.17, 15) is 5.26 Å². The van der Waals surface area contributed by atoms with Crippen LogP contribution in [0.4, 0.5) is 5.69 Å². The molecule has 3 nitrogen and oxygen atoms in total. The molecule has 2 heterocycles. The first-order chi connectivity index (χ1) is 10.5. The monoisotopic (exact) mass is 287 g/mol. The summed E-state index contributed by atoms with van der Waals surface area (Å²) >= 11 is 0. The Morgan fingerprint density at radius 2 is 1.91 bits per heavy atom. The summed E-state index contributed by atoms with van der Waals surface area (Å²) in [5, 5.41) is 12.7. The first-order valence-electron chi connectivity index (χ1n) is 7.49. The van der Waals surface area contributed by atoms with Crippen molar-refractivity contribution >= 4 is 27.4 Å². The Morgan fingerprint density at radius 3 is 2.64 bits per heavy atom. The third-order valence-corrected chi connectivity index (χ3v) is 4.70. The number of nitrogens with zero attached hydrogens (tertiary/aromatic N) is 3. The quantitative estimate of drug-likeness (QED) is 0.587. The van der Waals surface area contributed by atoms with Crippen molar-refractivity contribution in [2.75, 3.05) is 18.5 Å². The molecule has 3 heteroatoms. The average Bonchev–Trinajstić information content (AvgIpc) is 2.75. The molecule has 0 atom stereocenters. The molecule has 1 aromatic heterocycles. The third-order valence-electron chi connectivity index (χ3n) is 4.70. The van der Waals surface area contributed by atoms with E-state index in [-0.39, 0.29) is 5.41 Å². The highest BCUT2D eigenvalue weighted by Gasteiger charge is 2.35. The maximum absolute atomic E-state index is 9.54. The average molecular weight is 287 g/mol. The fourth-order valence-electron chi connectivity index (χ4n) is 3.87. The van der Waals surface area contributed by atoms with E-state index in [2.05, 4.69) is 37.9 Å². The highest BCUT2D eigenvalue weighted by atomic mass is 15.1. The summed E-state index contributed by atoms with van der Waals surface area (Å²) in [5.41, 5.74) is 4.26. The van der Waals surface area contributed by atoms with Crippen molar-refractivity contribution in [2.24, 2.45) is 0 Å². The van der Waals surface area contributed by atoms with Gasteiger partial charge in [-0.1, -0.05) is 38.1 Å². The Bertz CT molecular complexity index is 964. The summed E-state index contributed by atoms with van der Waals surface area (Å²) in [6.07, 6.45) is 1.98. The zero-order valence-corrected chi connectivity index (χ0v) is 13.0. The van der Waals surface area contributed by atoms with Gasteiger partial charge in [-0.2, -0.15) is 5.26 Å². The normalized spacial score (nSPS) is 16.0. The van der Waals surface area contributed by atoms with E-state index in [0.29, 0.717) is 0 Å². The molecular formula is C19H17N3. The zero-order chi connectivity index (χ0) is 15.5. The lowest BCUT2D eigenvalue weighted by Crippen LogP contribution is -2.25. The van der Waals surface area contributed by atoms with Crippen LogP contribution in [0, 0.1) is 11.3 Å². The van der Waals surface area contributed by atoms with E-state index in [1.165, 1.54) is 11.3 Å². The molecule has 0 amide bonds. The lowest BCUT2D eigenvalue weighted by atomic mass is 9.83. The second-order valence-corrected chi connectivity index (χ2v) is 6.74. The van der Waals surface area contributed by atoms with Gasteiger partial charge in [-0.15, -0.1) is 0 Å². The smallest absolute Gasteiger partial charge is 0.0998 e. The molecule has 3 aromatic rings. The number of aromatic nitrogens is 1. The van der Waals surface area contributed by atoms with E-state index >= 15 is 0 Å². The Balaban J connectivity index is 2.25. The second-order valence-electron chi connectivity index (χ2n) is 6.74. The van der Waals surface area contributed by atoms with Crippen molar-refractivity contribution in [1.29, 1.82) is 5.26 Å². The largest absolute Gasteiger partial charge is 0.372 e. The van der Waals surface area contributed by atoms with Crippen molar-refractivity contribution in [3.8, 4) is 6.07 Å². The van der Waals surface area contributed by atoms with Gasteiger partial charge in [0.25, 0.3) is 0 Å². The van der Waals surface area contributed by atoms with Crippen LogP contribution in [0.15, 0.2) is 36.5 Å². The summed E-state index contributed by atoms with van der Waals surface area (Å²) in [6.45, 7) is 5.49. The molecule has 0 radical (unpaired) electrons. The van der Waals surface area contributed by atoms with Crippen LogP contribution in [0.1, 0.15) is 25.0 Å². The molecule has 0 saturated carbocycles. The minimum atomic E-state index is 0.0560. The maximum Gasteiger partial charge on any atom is 0.0998 e. The highest BCUT2D eigenvalue weighted by molar-refractivity contribution is 6.10. The molecule has 108 valence electrons. The van der Waals surface area contributed by atoms with Gasteiger partial charge in [0.05, 0.1) is 29.0 Å². The van der Waals surface area contributed by atoms with Crippen LogP contribution in [-0.2, 0) is 5.41 Å². The minimum absolute atomic E-state index is 0.0560. The predicted octanol–water partition coefficient (Wildman–Crippen LogP) is 3.99. The highest BCUT2D eigenvalue weighted by Crippen LogP contribution is 2.44. The van der Waals surface area contributed by atoms with Gasteiger partial charge in [0.2, 0.25) is 0 Å². The van der Waals surface area contributed by atoms with Crippen LogP contribution in [0.5, 0.6) is 0 Å². The van der Waals surface area contributed by atoms with E-state index in [1.54, 1.807) is 0 Å². The number of hydrogen-bond donors (Lipinski definition) is 0. The summed E-state index contributed by atoms with van der Waals surface area (Å²) in [7, 11) is 2.10. The molecule has 0 aliphatic carbocycles. The summed E-state index contributed by atoms with van der Waals surface area (Å²) in [6, 6.07) is 12.4. The topological polar surface area (TPSA) is 39.9 Å². The second kappa shape index (κ2) is 4.20. The van der Waals surface area contributed by atoms with Gasteiger partial charge in [0, 0.05) is 35.2 Å². The van der Waals surface area contributed by atoms with E-state index in [0.717, 1.165) is 33.8 Å². The fraction of sp³-hybridized carbons (Fsp3) is 0.263. The molecule has 0 fully saturated rings. The third kappa shape index (κ3) is 1.58. The van der Waals surface area contributed by atoms with Gasteiger partial charge in [-0.25, -0.2) is 0 Å². The van der Waals surface area contributed by atoms with Crippen LogP contribution in [0.25, 0.3) is 21.7 Å². The zero-order valence-electron chi connectivity index (χ0n) is 13.0. The van der Waals surface area contributed by atoms with E-state index in [4.69, 9.17) is 4.98 Å². The number of nitriles is 1. The molecule has 0 saturated heterocycles. The van der Waals surface area contributed by atoms with Gasteiger partial charge in [0.15, 0.2) is 0 Å². The first kappa shape index (κ1) is 13.1. The van der Waals surface area contributed by atoms with Crippen LogP contribution in [0.2, 0.25) is 0 Å². The molecule has 4 rings (SSSR count). The maximum atomic E-state index is 9.54. The first-order valence-corrected chi connectivity index (χ1v) is 7.49. The molecule has 0 N–H and O–H groups in total. The number of hydrogen-bond acceptors (Lipinski definition) is 3. The molecule has 1 aliphatic heterocycles. The Labute approximate surface area is 129 Å². The van der Waals surface area contributed by atoms with Gasteiger partial charge in [-0.3, -0.25) is 4.98 Å². The van der Waals surface area contributed by atoms with Crippen molar-refractivity contribution < 1.29 is 0 Å². The van der Waals surface area contributed by atoms with Crippen LogP contribution in [-0.4, -0.2) is 18.6 Å². The molecular weight excluding hydrogens is 270 g/mol. The Kier molecular flexibility index (Phi) is 2.50. The van der Waals surface area contributed by atoms with Crippen molar-refractivity contribution in [3.63, 3.8) is 0 Å². The number of rotatable bonds is 0. The van der Waals surface area contributed by atoms with Crippen LogP contribution < -0.4 is 4.90 Å². The van der Waals surface area contributed by atoms with Crippen molar-refractivity contribution in [3.05, 3.63) is 47.7 Å². The lowest BCUT2D eigenvalue weighted by Gasteiger charge is -2.20. The standard InChI is InChI=1S/C19H17N3/c1-19(2)11-22(3)16-10-21-18-14-7-5-4-6-13(14)12(9-20)8-15(18)17(16)19/h4-8,10H,11H2,1-3H3. The molecule has 1 aliphatic rings. The molecule has 22 heavy (non-hydrogen) atoms. The summed E-state index contributed by atoms with van der Waals surface area (Å²) in [4.78, 5) is 6.97. The Morgan fingerprint density at radius 1 is 1.18 bits per heavy atom. The predicted molar refractivity (Wildman–Crippen MR) is 90.3 cm³/mol. The van der Waals surface area contributed by atoms with Gasteiger partial charge in [0.1, 0.15) is 0 Å². The van der Waals surface area contributed by atoms with Gasteiger partial charge >= 0.3 is 0 Å². The summed E-state index contributed by atoms with van der Waals surface area (Å²) in [5.74, 6) is 0. The number of likely N-dealkylation sites (N-methyl/N-ethyl adjacent to an activating group) is 1. The number of fused-ring (bicyclic) bond motifs is 5. The van der Waals surface area contributed by atoms with Gasteiger partial charge < -0.3 is 4.90 Å². The van der Waals surface area contributed by atoms with E-state index in [1.807, 2.05) is 30.5 Å². The number of anilines is 1. The van der Waals surface area contributed by atoms with Crippen molar-refractivity contribution in [1.82, 2.24) is 4.98 Å². The van der Waals surface area contributed by atoms with Crippen LogP contribution in [0.3, 0.4) is 0 Å². The minimum Gasteiger partial charge on any atom is -0.372 e. The molecule has 0 bridgehead atoms. The SMILES string of the molecule is CN1CC(C)(C)c2c1cnc1c2cc(C#N)c2ccccc21. The number of pyridine rings is 1. The Hall–Kier alpha value is -2.60. The molecule has 2 aromatic carbocycles. The van der Waals surface area contributed by atoms with Gasteiger partial charge in [-0.05, 0) is 11.6 Å². The summed E-state index contributed by atoms with van der Waals surface area (Å²) < 4.78 is 0. The van der Waals surface area contributed by atoms with Crippen LogP contribution >= 0.6 is 0 Å². The molecule has 0 unspecified atom stereocenters. The fourth-order valence-corrected chi connectivity index (χ4v) is 3.87. The van der Waals surface area contributed by atoms with E-state index < -0.39 is 0 Å². The number of benzene rings is 2. The molecule has 0 spiro atoms.